The first-order chi connectivity index (χ1) is 7.36. The van der Waals surface area contributed by atoms with Crippen LogP contribution in [0.2, 0.25) is 0 Å². The second kappa shape index (κ2) is 4.54. The molecule has 2 nitrogen and oxygen atoms in total. The molecule has 2 aromatic rings. The number of carbonyl (C=O) groups excluding carboxylic acids is 1. The van der Waals surface area contributed by atoms with Gasteiger partial charge in [0, 0.05) is 10.9 Å². The highest BCUT2D eigenvalue weighted by Crippen LogP contribution is 2.01. The summed E-state index contributed by atoms with van der Waals surface area (Å²) < 4.78 is 0. The zero-order chi connectivity index (χ0) is 10.5. The minimum Gasteiger partial charge on any atom is -0.277 e. The van der Waals surface area contributed by atoms with Gasteiger partial charge in [0.1, 0.15) is 5.69 Å². The van der Waals surface area contributed by atoms with Gasteiger partial charge in [-0.2, -0.15) is 0 Å². The summed E-state index contributed by atoms with van der Waals surface area (Å²) in [5, 5.41) is 1.70. The third-order valence-electron chi connectivity index (χ3n) is 1.76. The summed E-state index contributed by atoms with van der Waals surface area (Å²) in [5.41, 5.74) is 2.88. The van der Waals surface area contributed by atoms with Gasteiger partial charge in [0.05, 0.1) is 5.51 Å². The molecule has 1 aromatic carbocycles. The first-order valence-corrected chi connectivity index (χ1v) is 5.30. The van der Waals surface area contributed by atoms with E-state index in [1.807, 2.05) is 30.3 Å². The average molecular weight is 213 g/mol. The average Bonchev–Trinajstić information content (AvgIpc) is 2.81. The number of ketones is 1. The fourth-order valence-corrected chi connectivity index (χ4v) is 1.57. The first-order valence-electron chi connectivity index (χ1n) is 4.36. The maximum absolute atomic E-state index is 11.4. The van der Waals surface area contributed by atoms with E-state index in [1.54, 1.807) is 10.9 Å². The Hall–Kier alpha value is -1.92. The van der Waals surface area contributed by atoms with E-state index in [0.29, 0.717) is 5.69 Å². The molecule has 0 aliphatic rings. The van der Waals surface area contributed by atoms with Crippen LogP contribution < -0.4 is 0 Å². The minimum absolute atomic E-state index is 0.236. The summed E-state index contributed by atoms with van der Waals surface area (Å²) in [6.07, 6.45) is 0. The lowest BCUT2D eigenvalue weighted by molar-refractivity contribution is 0.105. The lowest BCUT2D eigenvalue weighted by Crippen LogP contribution is -1.94. The monoisotopic (exact) mass is 213 g/mol. The van der Waals surface area contributed by atoms with Crippen LogP contribution in [0.5, 0.6) is 0 Å². The third kappa shape index (κ3) is 2.52. The van der Waals surface area contributed by atoms with Crippen molar-refractivity contribution in [1.29, 1.82) is 0 Å². The molecule has 0 saturated heterocycles. The Kier molecular flexibility index (Phi) is 2.91. The van der Waals surface area contributed by atoms with Crippen molar-refractivity contribution >= 4 is 17.1 Å². The van der Waals surface area contributed by atoms with Crippen LogP contribution in [0.4, 0.5) is 0 Å². The normalized spacial score (nSPS) is 9.07. The van der Waals surface area contributed by atoms with E-state index in [9.17, 15) is 4.79 Å². The van der Waals surface area contributed by atoms with Crippen molar-refractivity contribution in [3.8, 4) is 11.8 Å². The molecule has 0 bridgehead atoms. The molecule has 3 heteroatoms. The number of benzene rings is 1. The molecule has 0 fully saturated rings. The maximum atomic E-state index is 11.4. The fourth-order valence-electron chi connectivity index (χ4n) is 1.04. The molecule has 0 spiro atoms. The van der Waals surface area contributed by atoms with Gasteiger partial charge in [0.2, 0.25) is 0 Å². The van der Waals surface area contributed by atoms with E-state index >= 15 is 0 Å². The summed E-state index contributed by atoms with van der Waals surface area (Å²) in [6.45, 7) is 0. The highest BCUT2D eigenvalue weighted by Gasteiger charge is 2.02. The van der Waals surface area contributed by atoms with Crippen LogP contribution in [0, 0.1) is 11.8 Å². The molecular formula is C12H7NOS. The van der Waals surface area contributed by atoms with Crippen LogP contribution in [0.25, 0.3) is 0 Å². The smallest absolute Gasteiger partial charge is 0.255 e. The van der Waals surface area contributed by atoms with Gasteiger partial charge in [-0.05, 0) is 18.1 Å². The van der Waals surface area contributed by atoms with E-state index in [2.05, 4.69) is 16.8 Å². The number of hydrogen-bond acceptors (Lipinski definition) is 3. The van der Waals surface area contributed by atoms with Gasteiger partial charge in [0.25, 0.3) is 5.78 Å². The van der Waals surface area contributed by atoms with Crippen LogP contribution in [-0.2, 0) is 0 Å². The zero-order valence-corrected chi connectivity index (χ0v) is 8.62. The molecule has 0 amide bonds. The van der Waals surface area contributed by atoms with Crippen molar-refractivity contribution in [2.24, 2.45) is 0 Å². The Labute approximate surface area is 91.6 Å². The molecule has 1 aromatic heterocycles. The van der Waals surface area contributed by atoms with Crippen LogP contribution in [0.1, 0.15) is 16.1 Å². The van der Waals surface area contributed by atoms with Crippen molar-refractivity contribution in [3.05, 3.63) is 52.5 Å². The first kappa shape index (κ1) is 9.63. The predicted molar refractivity (Wildman–Crippen MR) is 59.8 cm³/mol. The molecule has 15 heavy (non-hydrogen) atoms. The van der Waals surface area contributed by atoms with E-state index < -0.39 is 0 Å². The van der Waals surface area contributed by atoms with Crippen LogP contribution in [0.15, 0.2) is 41.2 Å². The standard InChI is InChI=1S/C12H7NOS/c14-12(11-8-15-9-13-11)7-6-10-4-2-1-3-5-10/h1-5,8-9H. The number of aromatic nitrogens is 1. The van der Waals surface area contributed by atoms with Crippen LogP contribution in [-0.4, -0.2) is 10.8 Å². The molecule has 0 aliphatic heterocycles. The van der Waals surface area contributed by atoms with E-state index in [-0.39, 0.29) is 5.78 Å². The lowest BCUT2D eigenvalue weighted by atomic mass is 10.2. The summed E-state index contributed by atoms with van der Waals surface area (Å²) in [7, 11) is 0. The van der Waals surface area contributed by atoms with Crippen molar-refractivity contribution in [1.82, 2.24) is 4.98 Å². The number of Topliss-reactive ketones (excluding diaryl/α,β-unsaturated/α-hetero) is 1. The summed E-state index contributed by atoms with van der Waals surface area (Å²) in [4.78, 5) is 15.3. The summed E-state index contributed by atoms with van der Waals surface area (Å²) >= 11 is 1.39. The van der Waals surface area contributed by atoms with Crippen molar-refractivity contribution in [2.75, 3.05) is 0 Å². The summed E-state index contributed by atoms with van der Waals surface area (Å²) in [5.74, 6) is 5.12. The van der Waals surface area contributed by atoms with Gasteiger partial charge in [-0.1, -0.05) is 24.1 Å². The van der Waals surface area contributed by atoms with E-state index in [0.717, 1.165) is 5.56 Å². The number of hydrogen-bond donors (Lipinski definition) is 0. The zero-order valence-electron chi connectivity index (χ0n) is 7.81. The fraction of sp³-hybridized carbons (Fsp3) is 0. The van der Waals surface area contributed by atoms with Gasteiger partial charge in [-0.25, -0.2) is 4.98 Å². The molecule has 0 N–H and O–H groups in total. The molecule has 0 atom stereocenters. The Morgan fingerprint density at radius 1 is 1.27 bits per heavy atom. The second-order valence-electron chi connectivity index (χ2n) is 2.82. The molecule has 1 heterocycles. The topological polar surface area (TPSA) is 30.0 Å². The Morgan fingerprint density at radius 3 is 2.73 bits per heavy atom. The van der Waals surface area contributed by atoms with E-state index in [1.165, 1.54) is 11.3 Å². The van der Waals surface area contributed by atoms with Gasteiger partial charge < -0.3 is 0 Å². The quantitative estimate of drug-likeness (QED) is 0.537. The Morgan fingerprint density at radius 2 is 2.07 bits per heavy atom. The van der Waals surface area contributed by atoms with Gasteiger partial charge >= 0.3 is 0 Å². The largest absolute Gasteiger partial charge is 0.277 e. The summed E-state index contributed by atoms with van der Waals surface area (Å²) in [6, 6.07) is 9.41. The molecule has 72 valence electrons. The van der Waals surface area contributed by atoms with Crippen LogP contribution >= 0.6 is 11.3 Å². The van der Waals surface area contributed by atoms with Gasteiger partial charge in [-0.3, -0.25) is 4.79 Å². The maximum Gasteiger partial charge on any atom is 0.255 e. The van der Waals surface area contributed by atoms with E-state index in [4.69, 9.17) is 0 Å². The second-order valence-corrected chi connectivity index (χ2v) is 3.54. The highest BCUT2D eigenvalue weighted by atomic mass is 32.1. The molecule has 0 saturated carbocycles. The SMILES string of the molecule is O=C(C#Cc1ccccc1)c1cscn1. The van der Waals surface area contributed by atoms with Crippen molar-refractivity contribution in [2.45, 2.75) is 0 Å². The predicted octanol–water partition coefficient (Wildman–Crippen LogP) is 2.38. The molecule has 0 aliphatic carbocycles. The van der Waals surface area contributed by atoms with Crippen LogP contribution in [0.3, 0.4) is 0 Å². The van der Waals surface area contributed by atoms with Gasteiger partial charge in [0.15, 0.2) is 0 Å². The lowest BCUT2D eigenvalue weighted by Gasteiger charge is -1.86. The number of rotatable bonds is 1. The Balaban J connectivity index is 2.17. The van der Waals surface area contributed by atoms with Crippen molar-refractivity contribution < 1.29 is 4.79 Å². The number of carbonyl (C=O) groups is 1. The van der Waals surface area contributed by atoms with Gasteiger partial charge in [-0.15, -0.1) is 11.3 Å². The number of nitrogens with zero attached hydrogens (tertiary/aromatic N) is 1. The highest BCUT2D eigenvalue weighted by molar-refractivity contribution is 7.07. The molecule has 0 radical (unpaired) electrons. The Bertz CT molecular complexity index is 506. The molecular weight excluding hydrogens is 206 g/mol. The number of thiazole rings is 1. The molecule has 2 rings (SSSR count). The third-order valence-corrected chi connectivity index (χ3v) is 2.35. The molecule has 0 unspecified atom stereocenters. The van der Waals surface area contributed by atoms with Crippen molar-refractivity contribution in [3.63, 3.8) is 0 Å². The minimum atomic E-state index is -0.236.